The number of halogens is 3. The number of ether oxygens (including phenoxy) is 2. The van der Waals surface area contributed by atoms with Crippen molar-refractivity contribution in [2.45, 2.75) is 77.3 Å². The zero-order chi connectivity index (χ0) is 24.5. The van der Waals surface area contributed by atoms with Crippen LogP contribution in [0.4, 0.5) is 18.0 Å². The molecule has 0 radical (unpaired) electrons. The highest BCUT2D eigenvalue weighted by Gasteiger charge is 2.49. The second kappa shape index (κ2) is 9.21. The Morgan fingerprint density at radius 2 is 1.81 bits per heavy atom. The molecule has 0 bridgehead atoms. The standard InChI is InChI=1S/C18H30F3N3O6SSi/c1-17(2,3)29-16(25)23-8-7-13-14(11-23)24(12-28-9-10-32(4,5)6)22-15(13)30-31(26,27)18(19,20)21/h7-12H2,1-6H3. The van der Waals surface area contributed by atoms with Crippen molar-refractivity contribution in [3.63, 3.8) is 0 Å². The Balaban J connectivity index is 2.29. The van der Waals surface area contributed by atoms with Crippen LogP contribution in [0, 0.1) is 0 Å². The van der Waals surface area contributed by atoms with Gasteiger partial charge in [-0.3, -0.25) is 0 Å². The molecule has 1 aromatic heterocycles. The zero-order valence-electron chi connectivity index (χ0n) is 19.1. The van der Waals surface area contributed by atoms with Gasteiger partial charge in [0.1, 0.15) is 12.3 Å². The lowest BCUT2D eigenvalue weighted by Crippen LogP contribution is -2.40. The first-order valence-electron chi connectivity index (χ1n) is 10.0. The van der Waals surface area contributed by atoms with Gasteiger partial charge < -0.3 is 18.6 Å². The van der Waals surface area contributed by atoms with Gasteiger partial charge in [0.05, 0.1) is 12.2 Å². The van der Waals surface area contributed by atoms with Gasteiger partial charge in [-0.25, -0.2) is 9.48 Å². The summed E-state index contributed by atoms with van der Waals surface area (Å²) >= 11 is 0. The number of carbonyl (C=O) groups is 1. The lowest BCUT2D eigenvalue weighted by molar-refractivity contribution is -0.0502. The topological polar surface area (TPSA) is 100.0 Å². The van der Waals surface area contributed by atoms with Crippen molar-refractivity contribution in [3.8, 4) is 5.88 Å². The monoisotopic (exact) mass is 501 g/mol. The summed E-state index contributed by atoms with van der Waals surface area (Å²) in [6.07, 6.45) is -0.549. The molecule has 0 aromatic carbocycles. The number of alkyl halides is 3. The Morgan fingerprint density at radius 1 is 1.19 bits per heavy atom. The maximum absolute atomic E-state index is 12.8. The van der Waals surface area contributed by atoms with Crippen LogP contribution < -0.4 is 4.18 Å². The highest BCUT2D eigenvalue weighted by atomic mass is 32.2. The third kappa shape index (κ3) is 7.10. The molecule has 0 saturated heterocycles. The molecule has 0 aliphatic carbocycles. The van der Waals surface area contributed by atoms with E-state index >= 15 is 0 Å². The first-order valence-corrected chi connectivity index (χ1v) is 15.2. The minimum absolute atomic E-state index is 0.0376. The van der Waals surface area contributed by atoms with Crippen LogP contribution in [-0.4, -0.2) is 61.5 Å². The van der Waals surface area contributed by atoms with E-state index in [1.165, 1.54) is 9.58 Å². The summed E-state index contributed by atoms with van der Waals surface area (Å²) in [5, 5.41) is 3.92. The fourth-order valence-electron chi connectivity index (χ4n) is 2.78. The fourth-order valence-corrected chi connectivity index (χ4v) is 3.97. The van der Waals surface area contributed by atoms with Gasteiger partial charge in [0.25, 0.3) is 5.88 Å². The van der Waals surface area contributed by atoms with Crippen LogP contribution in [0.15, 0.2) is 0 Å². The van der Waals surface area contributed by atoms with E-state index < -0.39 is 41.3 Å². The molecule has 32 heavy (non-hydrogen) atoms. The van der Waals surface area contributed by atoms with Gasteiger partial charge in [-0.2, -0.15) is 21.6 Å². The second-order valence-corrected chi connectivity index (χ2v) is 16.9. The molecule has 0 atom stereocenters. The maximum atomic E-state index is 12.8. The highest BCUT2D eigenvalue weighted by Crippen LogP contribution is 2.33. The lowest BCUT2D eigenvalue weighted by Gasteiger charge is -2.30. The molecule has 1 aromatic rings. The Kier molecular flexibility index (Phi) is 7.61. The van der Waals surface area contributed by atoms with Crippen molar-refractivity contribution >= 4 is 24.3 Å². The predicted octanol–water partition coefficient (Wildman–Crippen LogP) is 3.72. The van der Waals surface area contributed by atoms with Gasteiger partial charge in [0.2, 0.25) is 0 Å². The van der Waals surface area contributed by atoms with Crippen molar-refractivity contribution in [1.29, 1.82) is 0 Å². The van der Waals surface area contributed by atoms with Crippen LogP contribution in [0.5, 0.6) is 5.88 Å². The largest absolute Gasteiger partial charge is 0.534 e. The summed E-state index contributed by atoms with van der Waals surface area (Å²) in [7, 11) is -7.26. The average molecular weight is 502 g/mol. The first kappa shape index (κ1) is 26.4. The van der Waals surface area contributed by atoms with Gasteiger partial charge in [-0.05, 0) is 33.2 Å². The third-order valence-corrected chi connectivity index (χ3v) is 7.08. The minimum Gasteiger partial charge on any atom is -0.444 e. The van der Waals surface area contributed by atoms with Crippen molar-refractivity contribution in [2.24, 2.45) is 0 Å². The maximum Gasteiger partial charge on any atom is 0.534 e. The van der Waals surface area contributed by atoms with Crippen molar-refractivity contribution in [1.82, 2.24) is 14.7 Å². The number of aromatic nitrogens is 2. The quantitative estimate of drug-likeness (QED) is 0.243. The van der Waals surface area contributed by atoms with Crippen molar-refractivity contribution in [3.05, 3.63) is 11.3 Å². The van der Waals surface area contributed by atoms with E-state index in [4.69, 9.17) is 9.47 Å². The van der Waals surface area contributed by atoms with E-state index in [0.717, 1.165) is 6.04 Å². The molecule has 1 aliphatic rings. The molecule has 0 saturated carbocycles. The molecule has 1 amide bonds. The Bertz CT molecular complexity index is 935. The summed E-state index contributed by atoms with van der Waals surface area (Å²) < 4.78 is 78.0. The molecule has 2 rings (SSSR count). The van der Waals surface area contributed by atoms with Crippen molar-refractivity contribution < 1.29 is 40.0 Å². The molecule has 9 nitrogen and oxygen atoms in total. The fraction of sp³-hybridized carbons (Fsp3) is 0.778. The van der Waals surface area contributed by atoms with Crippen LogP contribution in [0.2, 0.25) is 25.7 Å². The van der Waals surface area contributed by atoms with E-state index in [-0.39, 0.29) is 31.8 Å². The van der Waals surface area contributed by atoms with Crippen molar-refractivity contribution in [2.75, 3.05) is 13.2 Å². The minimum atomic E-state index is -5.89. The number of amides is 1. The van der Waals surface area contributed by atoms with Crippen LogP contribution in [-0.2, 0) is 39.3 Å². The van der Waals surface area contributed by atoms with Crippen LogP contribution >= 0.6 is 0 Å². The van der Waals surface area contributed by atoms with E-state index in [1.807, 2.05) is 0 Å². The van der Waals surface area contributed by atoms with Gasteiger partial charge in [0.15, 0.2) is 0 Å². The third-order valence-electron chi connectivity index (χ3n) is 4.44. The van der Waals surface area contributed by atoms with E-state index in [9.17, 15) is 26.4 Å². The van der Waals surface area contributed by atoms with Crippen LogP contribution in [0.1, 0.15) is 32.0 Å². The SMILES string of the molecule is CC(C)(C)OC(=O)N1CCc2c(OS(=O)(=O)C(F)(F)F)nn(COCC[Si](C)(C)C)c2C1. The molecule has 1 aliphatic heterocycles. The number of hydrogen-bond donors (Lipinski definition) is 0. The molecule has 0 fully saturated rings. The van der Waals surface area contributed by atoms with E-state index in [2.05, 4.69) is 28.9 Å². The van der Waals surface area contributed by atoms with Gasteiger partial charge in [-0.1, -0.05) is 19.6 Å². The summed E-state index contributed by atoms with van der Waals surface area (Å²) in [4.78, 5) is 13.8. The predicted molar refractivity (Wildman–Crippen MR) is 112 cm³/mol. The average Bonchev–Trinajstić information content (AvgIpc) is 2.92. The summed E-state index contributed by atoms with van der Waals surface area (Å²) in [5.41, 5.74) is -5.80. The Hall–Kier alpha value is -1.80. The molecule has 184 valence electrons. The summed E-state index contributed by atoms with van der Waals surface area (Å²) in [6, 6.07) is 0.853. The smallest absolute Gasteiger partial charge is 0.444 e. The van der Waals surface area contributed by atoms with Crippen LogP contribution in [0.25, 0.3) is 0 Å². The van der Waals surface area contributed by atoms with Gasteiger partial charge in [0, 0.05) is 26.8 Å². The molecular weight excluding hydrogens is 471 g/mol. The Morgan fingerprint density at radius 3 is 2.34 bits per heavy atom. The van der Waals surface area contributed by atoms with Gasteiger partial charge in [-0.15, -0.1) is 5.10 Å². The molecular formula is C18H30F3N3O6SSi. The molecule has 0 N–H and O–H groups in total. The van der Waals surface area contributed by atoms with E-state index in [1.54, 1.807) is 20.8 Å². The molecule has 0 unspecified atom stereocenters. The second-order valence-electron chi connectivity index (χ2n) is 9.71. The molecule has 2 heterocycles. The molecule has 14 heteroatoms. The van der Waals surface area contributed by atoms with Crippen LogP contribution in [0.3, 0.4) is 0 Å². The summed E-state index contributed by atoms with van der Waals surface area (Å²) in [6.45, 7) is 12.0. The Labute approximate surface area is 186 Å². The normalized spacial score (nSPS) is 15.5. The number of hydrogen-bond acceptors (Lipinski definition) is 7. The highest BCUT2D eigenvalue weighted by molar-refractivity contribution is 7.87. The zero-order valence-corrected chi connectivity index (χ0v) is 20.9. The van der Waals surface area contributed by atoms with E-state index in [0.29, 0.717) is 12.3 Å². The van der Waals surface area contributed by atoms with Gasteiger partial charge >= 0.3 is 21.7 Å². The summed E-state index contributed by atoms with van der Waals surface area (Å²) in [5.74, 6) is -0.657. The first-order chi connectivity index (χ1) is 14.4. The molecule has 0 spiro atoms. The number of rotatable bonds is 7. The number of carbonyl (C=O) groups excluding carboxylic acids is 1. The lowest BCUT2D eigenvalue weighted by atomic mass is 10.1. The number of nitrogens with zero attached hydrogens (tertiary/aromatic N) is 3. The number of fused-ring (bicyclic) bond motifs is 1.